The van der Waals surface area contributed by atoms with Gasteiger partial charge in [0.2, 0.25) is 10.0 Å². The fourth-order valence-corrected chi connectivity index (χ4v) is 5.68. The maximum Gasteiger partial charge on any atom is 0.337 e. The van der Waals surface area contributed by atoms with Gasteiger partial charge < -0.3 is 5.11 Å². The Morgan fingerprint density at radius 1 is 1.12 bits per heavy atom. The Balaban J connectivity index is 1.88. The van der Waals surface area contributed by atoms with Crippen molar-refractivity contribution in [2.24, 2.45) is 0 Å². The van der Waals surface area contributed by atoms with Gasteiger partial charge in [-0.05, 0) is 44.5 Å². The third-order valence-corrected chi connectivity index (χ3v) is 7.30. The van der Waals surface area contributed by atoms with Gasteiger partial charge in [-0.15, -0.1) is 0 Å². The molecule has 0 spiro atoms. The van der Waals surface area contributed by atoms with Gasteiger partial charge >= 0.3 is 5.97 Å². The molecule has 2 saturated heterocycles. The average molecular weight is 393 g/mol. The number of nitrogens with zero attached hydrogens (tertiary/aromatic N) is 2. The van der Waals surface area contributed by atoms with Crippen LogP contribution in [0.2, 0.25) is 10.0 Å². The number of carboxylic acids is 1. The molecule has 0 amide bonds. The van der Waals surface area contributed by atoms with Crippen LogP contribution in [0.5, 0.6) is 0 Å². The lowest BCUT2D eigenvalue weighted by molar-refractivity contribution is 0.0697. The summed E-state index contributed by atoms with van der Waals surface area (Å²) in [6.07, 6.45) is 3.07. The predicted octanol–water partition coefficient (Wildman–Crippen LogP) is 2.55. The van der Waals surface area contributed by atoms with Crippen LogP contribution in [0.25, 0.3) is 0 Å². The van der Waals surface area contributed by atoms with Gasteiger partial charge in [0.05, 0.1) is 15.6 Å². The molecule has 2 fully saturated rings. The fraction of sp³-hybridized carbons (Fsp3) is 0.533. The summed E-state index contributed by atoms with van der Waals surface area (Å²) in [7, 11) is -3.85. The van der Waals surface area contributed by atoms with Crippen LogP contribution in [0.1, 0.15) is 29.6 Å². The van der Waals surface area contributed by atoms with Crippen molar-refractivity contribution in [3.05, 3.63) is 27.7 Å². The van der Waals surface area contributed by atoms with Gasteiger partial charge in [0.15, 0.2) is 0 Å². The largest absolute Gasteiger partial charge is 0.478 e. The Hall–Kier alpha value is -0.860. The molecule has 132 valence electrons. The highest BCUT2D eigenvalue weighted by atomic mass is 35.5. The summed E-state index contributed by atoms with van der Waals surface area (Å²) in [4.78, 5) is 13.3. The minimum Gasteiger partial charge on any atom is -0.478 e. The Morgan fingerprint density at radius 3 is 2.42 bits per heavy atom. The number of hydrogen-bond donors (Lipinski definition) is 1. The van der Waals surface area contributed by atoms with Crippen molar-refractivity contribution >= 4 is 39.2 Å². The normalized spacial score (nSPS) is 23.0. The molecule has 1 atom stereocenters. The van der Waals surface area contributed by atoms with E-state index in [1.165, 1.54) is 10.4 Å². The standard InChI is InChI=1S/C15H18Cl2N2O4S/c16-12-8-13(17)14(7-11(12)15(20)21)24(22,23)19-6-3-10(9-19)18-4-1-2-5-18/h7-8,10H,1-6,9H2,(H,20,21)/t10-/m0/s1. The number of rotatable bonds is 4. The molecule has 0 aromatic heterocycles. The average Bonchev–Trinajstić information content (AvgIpc) is 3.18. The molecule has 0 unspecified atom stereocenters. The van der Waals surface area contributed by atoms with E-state index in [4.69, 9.17) is 28.3 Å². The number of carboxylic acid groups (broad SMARTS) is 1. The minimum atomic E-state index is -3.85. The summed E-state index contributed by atoms with van der Waals surface area (Å²) in [6, 6.07) is 2.44. The van der Waals surface area contributed by atoms with E-state index in [9.17, 15) is 13.2 Å². The summed E-state index contributed by atoms with van der Waals surface area (Å²) in [5.41, 5.74) is -0.269. The molecule has 24 heavy (non-hydrogen) atoms. The fourth-order valence-electron chi connectivity index (χ4n) is 3.36. The molecule has 2 aliphatic heterocycles. The molecule has 0 radical (unpaired) electrons. The predicted molar refractivity (Wildman–Crippen MR) is 91.4 cm³/mol. The zero-order valence-electron chi connectivity index (χ0n) is 12.9. The maximum atomic E-state index is 12.9. The zero-order chi connectivity index (χ0) is 17.5. The van der Waals surface area contributed by atoms with Crippen molar-refractivity contribution in [2.45, 2.75) is 30.2 Å². The number of halogens is 2. The molecule has 9 heteroatoms. The van der Waals surface area contributed by atoms with Crippen molar-refractivity contribution in [2.75, 3.05) is 26.2 Å². The van der Waals surface area contributed by atoms with Crippen LogP contribution in [-0.4, -0.2) is 60.9 Å². The summed E-state index contributed by atoms with van der Waals surface area (Å²) in [5, 5.41) is 9.01. The lowest BCUT2D eigenvalue weighted by atomic mass is 10.2. The molecule has 0 bridgehead atoms. The first kappa shape index (κ1) is 17.9. The summed E-state index contributed by atoms with van der Waals surface area (Å²) in [5.74, 6) is -1.29. The monoisotopic (exact) mass is 392 g/mol. The van der Waals surface area contributed by atoms with Gasteiger partial charge in [-0.1, -0.05) is 23.2 Å². The van der Waals surface area contributed by atoms with Crippen LogP contribution in [0, 0.1) is 0 Å². The number of likely N-dealkylation sites (tertiary alicyclic amines) is 1. The molecule has 2 aliphatic rings. The van der Waals surface area contributed by atoms with Crippen LogP contribution in [-0.2, 0) is 10.0 Å². The number of aromatic carboxylic acids is 1. The van der Waals surface area contributed by atoms with Gasteiger partial charge in [0, 0.05) is 19.1 Å². The van der Waals surface area contributed by atoms with Gasteiger partial charge in [0.25, 0.3) is 0 Å². The second-order valence-corrected chi connectivity index (χ2v) is 8.84. The third kappa shape index (κ3) is 3.28. The highest BCUT2D eigenvalue weighted by Crippen LogP contribution is 2.33. The van der Waals surface area contributed by atoms with E-state index in [-0.39, 0.29) is 26.5 Å². The number of sulfonamides is 1. The van der Waals surface area contributed by atoms with Crippen molar-refractivity contribution in [3.63, 3.8) is 0 Å². The van der Waals surface area contributed by atoms with E-state index < -0.39 is 16.0 Å². The van der Waals surface area contributed by atoms with E-state index in [0.29, 0.717) is 13.1 Å². The Morgan fingerprint density at radius 2 is 1.79 bits per heavy atom. The van der Waals surface area contributed by atoms with E-state index in [1.807, 2.05) is 0 Å². The Labute approximate surface area is 151 Å². The van der Waals surface area contributed by atoms with Crippen LogP contribution in [0.4, 0.5) is 0 Å². The van der Waals surface area contributed by atoms with Crippen molar-refractivity contribution in [1.82, 2.24) is 9.21 Å². The van der Waals surface area contributed by atoms with E-state index >= 15 is 0 Å². The van der Waals surface area contributed by atoms with E-state index in [0.717, 1.165) is 38.4 Å². The molecule has 3 rings (SSSR count). The van der Waals surface area contributed by atoms with Crippen molar-refractivity contribution < 1.29 is 18.3 Å². The van der Waals surface area contributed by atoms with Crippen LogP contribution < -0.4 is 0 Å². The summed E-state index contributed by atoms with van der Waals surface area (Å²) in [6.45, 7) is 2.82. The van der Waals surface area contributed by atoms with Crippen LogP contribution in [0.15, 0.2) is 17.0 Å². The molecular formula is C15H18Cl2N2O4S. The van der Waals surface area contributed by atoms with Crippen molar-refractivity contribution in [1.29, 1.82) is 0 Å². The second-order valence-electron chi connectivity index (χ2n) is 6.12. The highest BCUT2D eigenvalue weighted by Gasteiger charge is 2.37. The topological polar surface area (TPSA) is 77.9 Å². The van der Waals surface area contributed by atoms with E-state index in [2.05, 4.69) is 4.90 Å². The minimum absolute atomic E-state index is 0.0605. The molecule has 1 N–H and O–H groups in total. The summed E-state index contributed by atoms with van der Waals surface area (Å²) >= 11 is 11.9. The second kappa shape index (κ2) is 6.80. The Bertz CT molecular complexity index is 763. The number of hydrogen-bond acceptors (Lipinski definition) is 4. The molecule has 6 nitrogen and oxygen atoms in total. The quantitative estimate of drug-likeness (QED) is 0.851. The Kier molecular flexibility index (Phi) is 5.09. The molecule has 2 heterocycles. The van der Waals surface area contributed by atoms with Gasteiger partial charge in [-0.3, -0.25) is 4.90 Å². The van der Waals surface area contributed by atoms with Crippen molar-refractivity contribution in [3.8, 4) is 0 Å². The lowest BCUT2D eigenvalue weighted by Crippen LogP contribution is -2.37. The first-order chi connectivity index (χ1) is 11.3. The maximum absolute atomic E-state index is 12.9. The van der Waals surface area contributed by atoms with E-state index in [1.54, 1.807) is 0 Å². The van der Waals surface area contributed by atoms with Gasteiger partial charge in [-0.2, -0.15) is 4.31 Å². The smallest absolute Gasteiger partial charge is 0.337 e. The zero-order valence-corrected chi connectivity index (χ0v) is 15.2. The highest BCUT2D eigenvalue weighted by molar-refractivity contribution is 7.89. The number of benzene rings is 1. The lowest BCUT2D eigenvalue weighted by Gasteiger charge is -2.23. The third-order valence-electron chi connectivity index (χ3n) is 4.65. The molecule has 1 aromatic carbocycles. The first-order valence-electron chi connectivity index (χ1n) is 7.77. The SMILES string of the molecule is O=C(O)c1cc(S(=O)(=O)N2CC[C@H](N3CCCC3)C2)c(Cl)cc1Cl. The molecular weight excluding hydrogens is 375 g/mol. The van der Waals surface area contributed by atoms with Gasteiger partial charge in [0.1, 0.15) is 4.90 Å². The molecule has 0 aliphatic carbocycles. The number of carbonyl (C=O) groups is 1. The van der Waals surface area contributed by atoms with Gasteiger partial charge in [-0.25, -0.2) is 13.2 Å². The first-order valence-corrected chi connectivity index (χ1v) is 9.97. The molecule has 0 saturated carbocycles. The summed E-state index contributed by atoms with van der Waals surface area (Å²) < 4.78 is 27.2. The molecule has 1 aromatic rings. The van der Waals surface area contributed by atoms with Crippen LogP contribution >= 0.6 is 23.2 Å². The van der Waals surface area contributed by atoms with Crippen LogP contribution in [0.3, 0.4) is 0 Å².